The Hall–Kier alpha value is -1.83. The van der Waals surface area contributed by atoms with E-state index in [1.807, 2.05) is 44.7 Å². The minimum Gasteiger partial charge on any atom is -0.444 e. The lowest BCUT2D eigenvalue weighted by molar-refractivity contribution is -0.130. The van der Waals surface area contributed by atoms with Gasteiger partial charge in [0.1, 0.15) is 5.60 Å². The molecular formula is C27H54N4O4. The van der Waals surface area contributed by atoms with E-state index in [1.54, 1.807) is 0 Å². The SMILES string of the molecule is CN(CCCCCCCCN(C)C(=O)CCCCCNC(=O)OC(C)(C)C)C(=O)CCCCCN. The third-order valence-corrected chi connectivity index (χ3v) is 5.92. The summed E-state index contributed by atoms with van der Waals surface area (Å²) in [4.78, 5) is 39.6. The van der Waals surface area contributed by atoms with Crippen molar-refractivity contribution in [3.63, 3.8) is 0 Å². The Bertz CT molecular complexity index is 578. The predicted octanol–water partition coefficient (Wildman–Crippen LogP) is 4.85. The minimum absolute atomic E-state index is 0.195. The third-order valence-electron chi connectivity index (χ3n) is 5.92. The van der Waals surface area contributed by atoms with Crippen LogP contribution in [0.4, 0.5) is 4.79 Å². The second kappa shape index (κ2) is 20.4. The molecule has 0 fully saturated rings. The standard InChI is InChI=1S/C27H54N4O4/c1-27(2,3)35-26(34)29-21-15-11-13-19-25(33)31(5)23-17-9-7-6-8-16-22-30(4)24(32)18-12-10-14-20-28/h6-23,28H2,1-5H3,(H,29,34). The number of hydrogen-bond acceptors (Lipinski definition) is 5. The second-order valence-electron chi connectivity index (χ2n) is 10.6. The summed E-state index contributed by atoms with van der Waals surface area (Å²) in [7, 11) is 3.79. The topological polar surface area (TPSA) is 105 Å². The first-order valence-electron chi connectivity index (χ1n) is 13.7. The molecule has 0 saturated carbocycles. The number of rotatable bonds is 20. The molecule has 0 unspecified atom stereocenters. The van der Waals surface area contributed by atoms with Gasteiger partial charge < -0.3 is 25.6 Å². The zero-order valence-corrected chi connectivity index (χ0v) is 23.3. The largest absolute Gasteiger partial charge is 0.444 e. The van der Waals surface area contributed by atoms with Crippen LogP contribution in [0.2, 0.25) is 0 Å². The van der Waals surface area contributed by atoms with Gasteiger partial charge in [0.2, 0.25) is 11.8 Å². The number of nitrogens with two attached hydrogens (primary N) is 1. The second-order valence-corrected chi connectivity index (χ2v) is 10.6. The Kier molecular flexibility index (Phi) is 19.3. The zero-order chi connectivity index (χ0) is 26.5. The van der Waals surface area contributed by atoms with E-state index in [4.69, 9.17) is 10.5 Å². The number of unbranched alkanes of at least 4 members (excludes halogenated alkanes) is 9. The molecule has 0 atom stereocenters. The molecule has 0 spiro atoms. The Morgan fingerprint density at radius 3 is 1.57 bits per heavy atom. The highest BCUT2D eigenvalue weighted by Crippen LogP contribution is 2.10. The van der Waals surface area contributed by atoms with Crippen LogP contribution in [0.1, 0.15) is 111 Å². The fraction of sp³-hybridized carbons (Fsp3) is 0.889. The van der Waals surface area contributed by atoms with E-state index in [0.717, 1.165) is 77.3 Å². The number of carbonyl (C=O) groups is 3. The lowest BCUT2D eigenvalue weighted by atomic mass is 10.1. The number of hydrogen-bond donors (Lipinski definition) is 2. The van der Waals surface area contributed by atoms with E-state index in [1.165, 1.54) is 12.8 Å². The van der Waals surface area contributed by atoms with Crippen LogP contribution < -0.4 is 11.1 Å². The highest BCUT2D eigenvalue weighted by molar-refractivity contribution is 5.76. The lowest BCUT2D eigenvalue weighted by Crippen LogP contribution is -2.33. The van der Waals surface area contributed by atoms with Gasteiger partial charge in [-0.3, -0.25) is 9.59 Å². The molecule has 0 heterocycles. The summed E-state index contributed by atoms with van der Waals surface area (Å²) in [6.45, 7) is 8.44. The van der Waals surface area contributed by atoms with Gasteiger partial charge in [-0.25, -0.2) is 4.79 Å². The van der Waals surface area contributed by atoms with Crippen LogP contribution in [0, 0.1) is 0 Å². The molecule has 0 saturated heterocycles. The number of ether oxygens (including phenoxy) is 1. The maximum atomic E-state index is 12.3. The smallest absolute Gasteiger partial charge is 0.407 e. The normalized spacial score (nSPS) is 11.3. The predicted molar refractivity (Wildman–Crippen MR) is 143 cm³/mol. The molecule has 3 N–H and O–H groups in total. The number of carbonyl (C=O) groups excluding carboxylic acids is 3. The van der Waals surface area contributed by atoms with Crippen molar-refractivity contribution in [2.75, 3.05) is 40.3 Å². The molecule has 3 amide bonds. The average molecular weight is 499 g/mol. The molecule has 0 aromatic heterocycles. The van der Waals surface area contributed by atoms with Gasteiger partial charge in [0.15, 0.2) is 0 Å². The summed E-state index contributed by atoms with van der Waals surface area (Å²) in [5.41, 5.74) is 5.00. The molecule has 8 heteroatoms. The van der Waals surface area contributed by atoms with Crippen molar-refractivity contribution in [1.82, 2.24) is 15.1 Å². The molecular weight excluding hydrogens is 444 g/mol. The number of alkyl carbamates (subject to hydrolysis) is 1. The third kappa shape index (κ3) is 21.2. The summed E-state index contributed by atoms with van der Waals surface area (Å²) in [5.74, 6) is 0.438. The van der Waals surface area contributed by atoms with Crippen LogP contribution in [0.5, 0.6) is 0 Å². The molecule has 0 aliphatic carbocycles. The molecule has 0 aromatic carbocycles. The minimum atomic E-state index is -0.482. The van der Waals surface area contributed by atoms with Crippen LogP contribution in [0.25, 0.3) is 0 Å². The van der Waals surface area contributed by atoms with Gasteiger partial charge in [-0.1, -0.05) is 38.5 Å². The van der Waals surface area contributed by atoms with Crippen molar-refractivity contribution in [2.24, 2.45) is 5.73 Å². The van der Waals surface area contributed by atoms with Crippen molar-refractivity contribution in [2.45, 2.75) is 116 Å². The Morgan fingerprint density at radius 1 is 0.686 bits per heavy atom. The molecule has 0 rings (SSSR count). The van der Waals surface area contributed by atoms with Crippen LogP contribution in [0.3, 0.4) is 0 Å². The van der Waals surface area contributed by atoms with E-state index in [0.29, 0.717) is 25.9 Å². The van der Waals surface area contributed by atoms with Gasteiger partial charge in [-0.2, -0.15) is 0 Å². The molecule has 35 heavy (non-hydrogen) atoms. The maximum Gasteiger partial charge on any atom is 0.407 e. The van der Waals surface area contributed by atoms with Gasteiger partial charge in [0.25, 0.3) is 0 Å². The van der Waals surface area contributed by atoms with Gasteiger partial charge in [-0.15, -0.1) is 0 Å². The van der Waals surface area contributed by atoms with E-state index < -0.39 is 5.60 Å². The quantitative estimate of drug-likeness (QED) is 0.234. The van der Waals surface area contributed by atoms with Gasteiger partial charge in [-0.05, 0) is 65.8 Å². The molecule has 0 bridgehead atoms. The van der Waals surface area contributed by atoms with E-state index in [-0.39, 0.29) is 17.9 Å². The highest BCUT2D eigenvalue weighted by Gasteiger charge is 2.15. The van der Waals surface area contributed by atoms with Crippen molar-refractivity contribution in [3.05, 3.63) is 0 Å². The summed E-state index contributed by atoms with van der Waals surface area (Å²) >= 11 is 0. The van der Waals surface area contributed by atoms with E-state index >= 15 is 0 Å². The number of nitrogens with one attached hydrogen (secondary N) is 1. The van der Waals surface area contributed by atoms with Gasteiger partial charge >= 0.3 is 6.09 Å². The lowest BCUT2D eigenvalue weighted by Gasteiger charge is -2.19. The van der Waals surface area contributed by atoms with Crippen LogP contribution in [-0.2, 0) is 14.3 Å². The fourth-order valence-corrected chi connectivity index (χ4v) is 3.72. The van der Waals surface area contributed by atoms with Gasteiger partial charge in [0, 0.05) is 46.6 Å². The molecule has 8 nitrogen and oxygen atoms in total. The Labute approximate surface area is 214 Å². The first-order valence-corrected chi connectivity index (χ1v) is 13.7. The van der Waals surface area contributed by atoms with Crippen LogP contribution in [0.15, 0.2) is 0 Å². The van der Waals surface area contributed by atoms with Crippen molar-refractivity contribution in [3.8, 4) is 0 Å². The molecule has 0 radical (unpaired) electrons. The Balaban J connectivity index is 3.60. The molecule has 0 aliphatic heterocycles. The number of nitrogens with zero attached hydrogens (tertiary/aromatic N) is 2. The van der Waals surface area contributed by atoms with Gasteiger partial charge in [0.05, 0.1) is 0 Å². The molecule has 206 valence electrons. The van der Waals surface area contributed by atoms with Crippen molar-refractivity contribution in [1.29, 1.82) is 0 Å². The Morgan fingerprint density at radius 2 is 1.11 bits per heavy atom. The first-order chi connectivity index (χ1) is 16.6. The summed E-state index contributed by atoms with van der Waals surface area (Å²) in [6.07, 6.45) is 13.1. The van der Waals surface area contributed by atoms with Crippen LogP contribution in [-0.4, -0.2) is 73.6 Å². The van der Waals surface area contributed by atoms with Crippen LogP contribution >= 0.6 is 0 Å². The molecule has 0 aliphatic rings. The summed E-state index contributed by atoms with van der Waals surface area (Å²) < 4.78 is 5.20. The summed E-state index contributed by atoms with van der Waals surface area (Å²) in [6, 6.07) is 0. The first kappa shape index (κ1) is 33.2. The zero-order valence-electron chi connectivity index (χ0n) is 23.3. The van der Waals surface area contributed by atoms with E-state index in [2.05, 4.69) is 5.32 Å². The number of amides is 3. The monoisotopic (exact) mass is 498 g/mol. The fourth-order valence-electron chi connectivity index (χ4n) is 3.72. The van der Waals surface area contributed by atoms with E-state index in [9.17, 15) is 14.4 Å². The van der Waals surface area contributed by atoms with Crippen molar-refractivity contribution < 1.29 is 19.1 Å². The summed E-state index contributed by atoms with van der Waals surface area (Å²) in [5, 5.41) is 2.75. The highest BCUT2D eigenvalue weighted by atomic mass is 16.6. The average Bonchev–Trinajstić information content (AvgIpc) is 2.78. The maximum absolute atomic E-state index is 12.3. The van der Waals surface area contributed by atoms with Crippen molar-refractivity contribution >= 4 is 17.9 Å². The molecule has 0 aromatic rings.